The van der Waals surface area contributed by atoms with E-state index in [-0.39, 0.29) is 67.1 Å². The molecule has 2 aromatic heterocycles. The van der Waals surface area contributed by atoms with Gasteiger partial charge in [-0.15, -0.1) is 0 Å². The molecule has 0 fully saturated rings. The van der Waals surface area contributed by atoms with Gasteiger partial charge in [0.25, 0.3) is 11.5 Å². The number of hydrogen-bond acceptors (Lipinski definition) is 12. The molecule has 1 amide bonds. The zero-order valence-corrected chi connectivity index (χ0v) is 27.7. The number of phosphoric ester groups is 1. The van der Waals surface area contributed by atoms with Crippen molar-refractivity contribution >= 4 is 48.0 Å². The summed E-state index contributed by atoms with van der Waals surface area (Å²) in [4.78, 5) is 52.5. The van der Waals surface area contributed by atoms with Crippen LogP contribution in [0.25, 0.3) is 11.2 Å². The molecule has 2 aromatic carbocycles. The molecule has 14 nitrogen and oxygen atoms in total. The van der Waals surface area contributed by atoms with E-state index in [4.69, 9.17) is 13.6 Å². The number of unbranched alkanes of at least 4 members (excludes halogenated alkanes) is 1. The van der Waals surface area contributed by atoms with E-state index in [0.29, 0.717) is 29.8 Å². The van der Waals surface area contributed by atoms with Gasteiger partial charge in [-0.2, -0.15) is 18.2 Å². The normalized spacial score (nSPS) is 11.8. The Kier molecular flexibility index (Phi) is 12.6. The zero-order valence-electron chi connectivity index (χ0n) is 26.8. The number of H-pyrrole nitrogens is 1. The molecule has 18 heteroatoms. The number of aromatic amines is 1. The lowest BCUT2D eigenvalue weighted by atomic mass is 10.1. The number of carbonyl (C=O) groups is 2. The zero-order chi connectivity index (χ0) is 35.6. The minimum absolute atomic E-state index is 0.0259. The smallest absolute Gasteiger partial charge is 0.379 e. The number of Topliss-reactive ketones (excluding diaryl/α,β-unsaturated/α-hetero) is 1. The third-order valence-corrected chi connectivity index (χ3v) is 8.41. The van der Waals surface area contributed by atoms with Crippen LogP contribution in [0.1, 0.15) is 65.6 Å². The van der Waals surface area contributed by atoms with E-state index in [0.717, 1.165) is 18.2 Å². The average molecular weight is 706 g/mol. The lowest BCUT2D eigenvalue weighted by Gasteiger charge is -2.16. The molecular weight excluding hydrogens is 670 g/mol. The third-order valence-electron chi connectivity index (χ3n) is 6.76. The number of nitrogens with one attached hydrogen (secondary N) is 4. The first-order valence-corrected chi connectivity index (χ1v) is 16.7. The summed E-state index contributed by atoms with van der Waals surface area (Å²) < 4.78 is 68.5. The van der Waals surface area contributed by atoms with Crippen LogP contribution in [0.5, 0.6) is 0 Å². The van der Waals surface area contributed by atoms with E-state index in [9.17, 15) is 32.1 Å². The summed E-state index contributed by atoms with van der Waals surface area (Å²) in [5.41, 5.74) is -0.689. The van der Waals surface area contributed by atoms with E-state index in [1.165, 1.54) is 13.1 Å². The van der Waals surface area contributed by atoms with E-state index in [1.54, 1.807) is 38.1 Å². The number of anilines is 3. The topological polar surface area (TPSA) is 187 Å². The maximum absolute atomic E-state index is 13.6. The number of halogens is 3. The van der Waals surface area contributed by atoms with Gasteiger partial charge in [-0.25, -0.2) is 14.5 Å². The number of nitrogens with zero attached hydrogens (tertiary/aromatic N) is 3. The molecule has 0 saturated heterocycles. The van der Waals surface area contributed by atoms with Gasteiger partial charge in [0.1, 0.15) is 0 Å². The van der Waals surface area contributed by atoms with Crippen molar-refractivity contribution in [1.82, 2.24) is 25.3 Å². The Morgan fingerprint density at radius 3 is 2.35 bits per heavy atom. The first-order valence-electron chi connectivity index (χ1n) is 15.2. The second-order valence-corrected chi connectivity index (χ2v) is 12.1. The minimum atomic E-state index is -4.72. The van der Waals surface area contributed by atoms with Crippen molar-refractivity contribution in [3.8, 4) is 0 Å². The third kappa shape index (κ3) is 10.4. The van der Waals surface area contributed by atoms with E-state index in [2.05, 4.69) is 35.9 Å². The molecule has 4 rings (SSSR count). The van der Waals surface area contributed by atoms with Gasteiger partial charge in [-0.05, 0) is 76.1 Å². The van der Waals surface area contributed by atoms with Crippen molar-refractivity contribution in [2.75, 3.05) is 37.0 Å². The lowest BCUT2D eigenvalue weighted by Crippen LogP contribution is -2.26. The molecule has 0 aliphatic carbocycles. The quantitative estimate of drug-likeness (QED) is 0.0571. The summed E-state index contributed by atoms with van der Waals surface area (Å²) in [5, 5.41) is 8.35. The van der Waals surface area contributed by atoms with Crippen molar-refractivity contribution < 1.29 is 40.9 Å². The largest absolute Gasteiger partial charge is 0.474 e. The van der Waals surface area contributed by atoms with Gasteiger partial charge < -0.3 is 16.0 Å². The summed E-state index contributed by atoms with van der Waals surface area (Å²) in [7, 11) is -3.67. The Balaban J connectivity index is 1.44. The molecule has 4 N–H and O–H groups in total. The number of carbonyl (C=O) groups excluding carboxylic acids is 2. The van der Waals surface area contributed by atoms with Crippen LogP contribution in [0.3, 0.4) is 0 Å². The number of benzene rings is 2. The van der Waals surface area contributed by atoms with Crippen LogP contribution in [0, 0.1) is 0 Å². The molecule has 0 atom stereocenters. The number of ketones is 1. The molecule has 2 heterocycles. The van der Waals surface area contributed by atoms with E-state index < -0.39 is 31.0 Å². The van der Waals surface area contributed by atoms with Crippen molar-refractivity contribution in [3.05, 3.63) is 81.4 Å². The Morgan fingerprint density at radius 2 is 1.69 bits per heavy atom. The molecule has 49 heavy (non-hydrogen) atoms. The Labute approximate surface area is 278 Å². The lowest BCUT2D eigenvalue weighted by molar-refractivity contribution is -0.137. The van der Waals surface area contributed by atoms with Gasteiger partial charge in [-0.3, -0.25) is 32.9 Å². The molecule has 0 spiro atoms. The van der Waals surface area contributed by atoms with Crippen molar-refractivity contribution in [2.45, 2.75) is 46.3 Å². The molecule has 0 bridgehead atoms. The predicted molar refractivity (Wildman–Crippen MR) is 175 cm³/mol. The van der Waals surface area contributed by atoms with Crippen molar-refractivity contribution in [3.63, 3.8) is 0 Å². The predicted octanol–water partition coefficient (Wildman–Crippen LogP) is 6.00. The number of phosphoric acid groups is 1. The number of aromatic nitrogens is 4. The highest BCUT2D eigenvalue weighted by Crippen LogP contribution is 2.49. The fourth-order valence-electron chi connectivity index (χ4n) is 4.39. The summed E-state index contributed by atoms with van der Waals surface area (Å²) in [6.07, 6.45) is -2.58. The summed E-state index contributed by atoms with van der Waals surface area (Å²) in [5.74, 6) is -1.02. The van der Waals surface area contributed by atoms with Crippen LogP contribution in [-0.2, 0) is 30.9 Å². The van der Waals surface area contributed by atoms with E-state index >= 15 is 0 Å². The highest BCUT2D eigenvalue weighted by molar-refractivity contribution is 7.48. The van der Waals surface area contributed by atoms with Crippen LogP contribution < -0.4 is 21.5 Å². The summed E-state index contributed by atoms with van der Waals surface area (Å²) >= 11 is 0. The number of amides is 1. The Bertz CT molecular complexity index is 1880. The van der Waals surface area contributed by atoms with Crippen LogP contribution in [0.15, 0.2) is 53.5 Å². The monoisotopic (exact) mass is 705 g/mol. The van der Waals surface area contributed by atoms with Crippen molar-refractivity contribution in [1.29, 1.82) is 0 Å². The van der Waals surface area contributed by atoms with Gasteiger partial charge >= 0.3 is 14.0 Å². The second-order valence-electron chi connectivity index (χ2n) is 10.4. The molecule has 0 radical (unpaired) electrons. The minimum Gasteiger partial charge on any atom is -0.379 e. The van der Waals surface area contributed by atoms with Crippen LogP contribution in [0.2, 0.25) is 0 Å². The standard InChI is InChI=1S/C31H35F3N7O7P/c1-4-46-49(45,47-5-2)48-15-7-6-14-35-28(43)24-13-10-21(31(32,33)34)16-25(24)39-30-40-27-26(29(44)41-30)38-23(18-37-27)17-36-22-11-8-20(9-12-22)19(3)42/h8-13,16,18,36H,4-7,14-15,17H2,1-3H3,(H,35,43)(H2,37,39,40,41,44). The highest BCUT2D eigenvalue weighted by Gasteiger charge is 2.32. The maximum Gasteiger partial charge on any atom is 0.474 e. The number of fused-ring (bicyclic) bond motifs is 1. The average Bonchev–Trinajstić information content (AvgIpc) is 3.05. The van der Waals surface area contributed by atoms with Gasteiger partial charge in [0, 0.05) is 17.8 Å². The van der Waals surface area contributed by atoms with Crippen LogP contribution >= 0.6 is 7.82 Å². The first kappa shape index (κ1) is 37.1. The van der Waals surface area contributed by atoms with Gasteiger partial charge in [0.15, 0.2) is 16.9 Å². The molecule has 0 aliphatic rings. The van der Waals surface area contributed by atoms with E-state index in [1.807, 2.05) is 0 Å². The molecule has 4 aromatic rings. The SMILES string of the molecule is CCOP(=O)(OCC)OCCCCNC(=O)c1ccc(C(F)(F)F)cc1Nc1nc2ncc(CNc3ccc(C(C)=O)cc3)nc2c(=O)[nH]1. The number of rotatable bonds is 17. The summed E-state index contributed by atoms with van der Waals surface area (Å²) in [6.45, 7) is 5.36. The van der Waals surface area contributed by atoms with Gasteiger partial charge in [0.05, 0.1) is 55.1 Å². The van der Waals surface area contributed by atoms with Gasteiger partial charge in [-0.1, -0.05) is 0 Å². The van der Waals surface area contributed by atoms with Crippen LogP contribution in [0.4, 0.5) is 30.5 Å². The highest BCUT2D eigenvalue weighted by atomic mass is 31.2. The summed E-state index contributed by atoms with van der Waals surface area (Å²) in [6, 6.07) is 9.30. The first-order chi connectivity index (χ1) is 23.3. The molecule has 0 aliphatic heterocycles. The molecule has 0 unspecified atom stereocenters. The van der Waals surface area contributed by atoms with Crippen LogP contribution in [-0.4, -0.2) is 58.0 Å². The fraction of sp³-hybridized carbons (Fsp3) is 0.355. The van der Waals surface area contributed by atoms with Gasteiger partial charge in [0.2, 0.25) is 5.95 Å². The Hall–Kier alpha value is -4.70. The molecular formula is C31H35F3N7O7P. The van der Waals surface area contributed by atoms with Crippen molar-refractivity contribution in [2.24, 2.45) is 0 Å². The maximum atomic E-state index is 13.6. The molecule has 262 valence electrons. The fourth-order valence-corrected chi connectivity index (χ4v) is 5.60. The second kappa shape index (κ2) is 16.6. The number of hydrogen-bond donors (Lipinski definition) is 4. The Morgan fingerprint density at radius 1 is 0.980 bits per heavy atom. The number of alkyl halides is 3. The molecule has 0 saturated carbocycles.